The van der Waals surface area contributed by atoms with E-state index >= 15 is 0 Å². The summed E-state index contributed by atoms with van der Waals surface area (Å²) in [6, 6.07) is 10.8. The Kier molecular flexibility index (Phi) is 9.60. The van der Waals surface area contributed by atoms with E-state index in [0.29, 0.717) is 10.4 Å². The first-order chi connectivity index (χ1) is 22.5. The van der Waals surface area contributed by atoms with Crippen molar-refractivity contribution in [3.8, 4) is 5.82 Å². The molecule has 0 aliphatic rings. The number of carbonyl (C=O) groups excluding carboxylic acids is 2. The average Bonchev–Trinajstić information content (AvgIpc) is 3.66. The van der Waals surface area contributed by atoms with Gasteiger partial charge in [0.05, 0.1) is 22.3 Å². The monoisotopic (exact) mass is 710 g/mol. The minimum atomic E-state index is -4.83. The Balaban J connectivity index is 1.49. The number of halogens is 8. The van der Waals surface area contributed by atoms with Crippen molar-refractivity contribution >= 4 is 34.9 Å². The van der Waals surface area contributed by atoms with Gasteiger partial charge in [0, 0.05) is 23.2 Å². The Labute approximate surface area is 277 Å². The van der Waals surface area contributed by atoms with Crippen LogP contribution in [-0.2, 0) is 25.3 Å². The summed E-state index contributed by atoms with van der Waals surface area (Å²) in [6.07, 6.45) is -8.53. The third kappa shape index (κ3) is 7.49. The summed E-state index contributed by atoms with van der Waals surface area (Å²) in [5.41, 5.74) is -0.543. The number of nitrogens with zero attached hydrogens (tertiary/aromatic N) is 7. The summed E-state index contributed by atoms with van der Waals surface area (Å²) in [6.45, 7) is 2.58. The number of amides is 1. The largest absolute Gasteiger partial charge is 0.455 e. The van der Waals surface area contributed by atoms with Gasteiger partial charge in [0.25, 0.3) is 11.7 Å². The van der Waals surface area contributed by atoms with Crippen LogP contribution in [0, 0.1) is 6.92 Å². The number of hydrogen-bond donors (Lipinski definition) is 1. The molecule has 5 rings (SSSR count). The minimum Gasteiger partial charge on any atom is -0.345 e. The number of benzene rings is 2. The van der Waals surface area contributed by atoms with Crippen LogP contribution in [-0.4, -0.2) is 46.7 Å². The molecule has 0 fully saturated rings. The van der Waals surface area contributed by atoms with Gasteiger partial charge in [0.2, 0.25) is 0 Å². The summed E-state index contributed by atoms with van der Waals surface area (Å²) in [5, 5.41) is 16.8. The number of tetrazole rings is 1. The van der Waals surface area contributed by atoms with Crippen LogP contribution in [0.5, 0.6) is 0 Å². The maximum absolute atomic E-state index is 13.9. The molecule has 5 aromatic rings. The lowest BCUT2D eigenvalue weighted by molar-refractivity contribution is -0.145. The standard InChI is InChI=1S/C30H22Cl2F6N8O2/c1-15-10-17(31)11-21(27(48)40-16(2)19-6-3-4-7-22(19)29(33,34)35)20(15)13-25(47)24-12-18(14-45-43-28(41-44-45)30(36,37)38)42-46(24)26-23(32)8-5-9-39-26/h3-12,16H,13-14H2,1-2H3,(H,40,48). The van der Waals surface area contributed by atoms with Crippen molar-refractivity contribution < 1.29 is 35.9 Å². The van der Waals surface area contributed by atoms with Crippen LogP contribution in [0.3, 0.4) is 0 Å². The Hall–Kier alpha value is -4.83. The predicted octanol–water partition coefficient (Wildman–Crippen LogP) is 6.87. The predicted molar refractivity (Wildman–Crippen MR) is 160 cm³/mol. The van der Waals surface area contributed by atoms with E-state index in [1.54, 1.807) is 6.92 Å². The van der Waals surface area contributed by atoms with E-state index in [-0.39, 0.29) is 43.9 Å². The van der Waals surface area contributed by atoms with Crippen molar-refractivity contribution in [2.75, 3.05) is 0 Å². The van der Waals surface area contributed by atoms with E-state index in [4.69, 9.17) is 23.2 Å². The van der Waals surface area contributed by atoms with Gasteiger partial charge in [-0.3, -0.25) is 9.59 Å². The zero-order valence-electron chi connectivity index (χ0n) is 24.7. The highest BCUT2D eigenvalue weighted by Crippen LogP contribution is 2.35. The van der Waals surface area contributed by atoms with Gasteiger partial charge in [0.1, 0.15) is 12.2 Å². The van der Waals surface area contributed by atoms with Gasteiger partial charge < -0.3 is 5.32 Å². The average molecular weight is 711 g/mol. The number of alkyl halides is 6. The van der Waals surface area contributed by atoms with Gasteiger partial charge in [-0.2, -0.15) is 36.2 Å². The molecular formula is C30H22Cl2F6N8O2. The molecule has 1 unspecified atom stereocenters. The molecule has 3 heterocycles. The van der Waals surface area contributed by atoms with Crippen molar-refractivity contribution in [3.05, 3.63) is 116 Å². The molecule has 18 heteroatoms. The van der Waals surface area contributed by atoms with Crippen LogP contribution < -0.4 is 5.32 Å². The molecular weight excluding hydrogens is 689 g/mol. The highest BCUT2D eigenvalue weighted by atomic mass is 35.5. The van der Waals surface area contributed by atoms with Crippen molar-refractivity contribution in [2.45, 2.75) is 45.2 Å². The second-order valence-corrected chi connectivity index (χ2v) is 11.4. The number of aromatic nitrogens is 7. The second kappa shape index (κ2) is 13.4. The maximum atomic E-state index is 13.9. The van der Waals surface area contributed by atoms with Crippen LogP contribution in [0.1, 0.15) is 67.6 Å². The lowest BCUT2D eigenvalue weighted by Gasteiger charge is -2.21. The second-order valence-electron chi connectivity index (χ2n) is 10.5. The van der Waals surface area contributed by atoms with Gasteiger partial charge >= 0.3 is 12.4 Å². The third-order valence-electron chi connectivity index (χ3n) is 7.10. The van der Waals surface area contributed by atoms with Crippen molar-refractivity contribution in [1.82, 2.24) is 40.3 Å². The molecule has 0 radical (unpaired) electrons. The van der Waals surface area contributed by atoms with Gasteiger partial charge in [0.15, 0.2) is 11.6 Å². The zero-order valence-corrected chi connectivity index (χ0v) is 26.2. The van der Waals surface area contributed by atoms with E-state index in [1.807, 2.05) is 0 Å². The topological polar surface area (TPSA) is 120 Å². The van der Waals surface area contributed by atoms with Crippen molar-refractivity contribution in [1.29, 1.82) is 0 Å². The molecule has 0 bridgehead atoms. The highest BCUT2D eigenvalue weighted by Gasteiger charge is 2.37. The molecule has 1 atom stereocenters. The Morgan fingerprint density at radius 1 is 0.958 bits per heavy atom. The molecule has 1 amide bonds. The van der Waals surface area contributed by atoms with E-state index in [2.05, 4.69) is 30.8 Å². The quantitative estimate of drug-likeness (QED) is 0.131. The maximum Gasteiger partial charge on any atom is 0.455 e. The highest BCUT2D eigenvalue weighted by molar-refractivity contribution is 6.32. The van der Waals surface area contributed by atoms with Gasteiger partial charge in [-0.05, 0) is 72.1 Å². The van der Waals surface area contributed by atoms with E-state index < -0.39 is 54.4 Å². The smallest absolute Gasteiger partial charge is 0.345 e. The number of Topliss-reactive ketones (excluding diaryl/α,β-unsaturated/α-hetero) is 1. The fourth-order valence-electron chi connectivity index (χ4n) is 4.92. The molecule has 250 valence electrons. The summed E-state index contributed by atoms with van der Waals surface area (Å²) in [4.78, 5) is 32.3. The first-order valence-corrected chi connectivity index (χ1v) is 14.6. The van der Waals surface area contributed by atoms with E-state index in [1.165, 1.54) is 61.7 Å². The first kappa shape index (κ1) is 34.5. The summed E-state index contributed by atoms with van der Waals surface area (Å²) < 4.78 is 81.1. The molecule has 0 spiro atoms. The summed E-state index contributed by atoms with van der Waals surface area (Å²) in [5.74, 6) is -2.84. The molecule has 0 aliphatic heterocycles. The molecule has 0 saturated heterocycles. The number of hydrogen-bond acceptors (Lipinski definition) is 7. The molecule has 48 heavy (non-hydrogen) atoms. The van der Waals surface area contributed by atoms with Gasteiger partial charge in [-0.1, -0.05) is 41.4 Å². The fourth-order valence-corrected chi connectivity index (χ4v) is 5.39. The first-order valence-electron chi connectivity index (χ1n) is 13.9. The van der Waals surface area contributed by atoms with E-state index in [9.17, 15) is 35.9 Å². The van der Waals surface area contributed by atoms with Crippen LogP contribution >= 0.6 is 23.2 Å². The number of rotatable bonds is 9. The van der Waals surface area contributed by atoms with Gasteiger partial charge in [-0.15, -0.1) is 10.2 Å². The van der Waals surface area contributed by atoms with Crippen LogP contribution in [0.2, 0.25) is 10.0 Å². The molecule has 0 aliphatic carbocycles. The fraction of sp³-hybridized carbons (Fsp3) is 0.233. The lowest BCUT2D eigenvalue weighted by atomic mass is 9.94. The number of pyridine rings is 1. The number of ketones is 1. The summed E-state index contributed by atoms with van der Waals surface area (Å²) in [7, 11) is 0. The number of aryl methyl sites for hydroxylation is 1. The van der Waals surface area contributed by atoms with Crippen molar-refractivity contribution in [2.24, 2.45) is 0 Å². The van der Waals surface area contributed by atoms with Crippen molar-refractivity contribution in [3.63, 3.8) is 0 Å². The number of carbonyl (C=O) groups is 2. The Morgan fingerprint density at radius 2 is 1.69 bits per heavy atom. The number of nitrogens with one attached hydrogen (secondary N) is 1. The molecule has 10 nitrogen and oxygen atoms in total. The SMILES string of the molecule is Cc1cc(Cl)cc(C(=O)NC(C)c2ccccc2C(F)(F)F)c1CC(=O)c1cc(Cn2nnc(C(F)(F)F)n2)nn1-c1ncccc1Cl. The minimum absolute atomic E-state index is 0.0271. The Morgan fingerprint density at radius 3 is 2.35 bits per heavy atom. The van der Waals surface area contributed by atoms with E-state index in [0.717, 1.165) is 10.7 Å². The molecule has 2 aromatic carbocycles. The van der Waals surface area contributed by atoms with Crippen LogP contribution in [0.25, 0.3) is 5.82 Å². The summed E-state index contributed by atoms with van der Waals surface area (Å²) >= 11 is 12.6. The third-order valence-corrected chi connectivity index (χ3v) is 7.61. The zero-order chi connectivity index (χ0) is 35.0. The normalized spacial score (nSPS) is 12.6. The van der Waals surface area contributed by atoms with Gasteiger partial charge in [-0.25, -0.2) is 9.67 Å². The van der Waals surface area contributed by atoms with Crippen LogP contribution in [0.15, 0.2) is 60.8 Å². The van der Waals surface area contributed by atoms with Crippen LogP contribution in [0.4, 0.5) is 26.3 Å². The molecule has 3 aromatic heterocycles. The molecule has 1 N–H and O–H groups in total. The lowest BCUT2D eigenvalue weighted by Crippen LogP contribution is -2.29. The Bertz CT molecular complexity index is 2010. The molecule has 0 saturated carbocycles.